The molecule has 4 heterocycles. The number of carbonyl (C=O) groups is 20. The lowest BCUT2D eigenvalue weighted by atomic mass is 9.95. The number of benzene rings is 4. The second-order valence-electron chi connectivity index (χ2n) is 33.6. The van der Waals surface area contributed by atoms with Crippen molar-refractivity contribution >= 4 is 171 Å². The third kappa shape index (κ3) is 44.6. The van der Waals surface area contributed by atoms with Crippen LogP contribution < -0.4 is 56.2 Å². The van der Waals surface area contributed by atoms with E-state index in [4.69, 9.17) is 71.4 Å². The molecule has 4 aliphatic heterocycles. The van der Waals surface area contributed by atoms with Crippen molar-refractivity contribution in [1.82, 2.24) is 56.8 Å². The Bertz CT molecular complexity index is 5430. The van der Waals surface area contributed by atoms with Crippen LogP contribution in [0.1, 0.15) is 105 Å². The molecule has 4 aromatic carbocycles. The summed E-state index contributed by atoms with van der Waals surface area (Å²) in [5.74, 6) is 7.84. The Kier molecular flexibility index (Phi) is 55.4. The summed E-state index contributed by atoms with van der Waals surface area (Å²) in [6, 6.07) is 20.6. The van der Waals surface area contributed by atoms with E-state index in [1.54, 1.807) is 65.9 Å². The van der Waals surface area contributed by atoms with Crippen molar-refractivity contribution < 1.29 is 168 Å². The van der Waals surface area contributed by atoms with Crippen LogP contribution in [0.3, 0.4) is 0 Å². The van der Waals surface area contributed by atoms with E-state index >= 15 is 0 Å². The quantitative estimate of drug-likeness (QED) is 0.00420. The molecular weight excluding hydrogens is 2040 g/mol. The smallest absolute Gasteiger partial charge is 0.409 e. The summed E-state index contributed by atoms with van der Waals surface area (Å²) in [5.41, 5.74) is 10.00. The number of Topliss-reactive ketones (excluding diaryl/α,β-unsaturated/α-hetero) is 6. The van der Waals surface area contributed by atoms with E-state index in [0.29, 0.717) is 59.0 Å². The van der Waals surface area contributed by atoms with Crippen molar-refractivity contribution in [3.63, 3.8) is 0 Å². The number of alkyl halides is 2. The molecule has 0 saturated carbocycles. The van der Waals surface area contributed by atoms with Crippen LogP contribution >= 0.6 is 27.5 Å². The number of carbonyl (C=O) groups excluding carboxylic acids is 18. The average molecular weight is 2170 g/mol. The molecule has 0 saturated heterocycles. The van der Waals surface area contributed by atoms with Gasteiger partial charge in [0.2, 0.25) is 12.5 Å². The summed E-state index contributed by atoms with van der Waals surface area (Å²) < 4.78 is 55.9. The molecule has 7 atom stereocenters. The summed E-state index contributed by atoms with van der Waals surface area (Å²) in [6.45, 7) is 27.7. The molecule has 51 heteroatoms. The summed E-state index contributed by atoms with van der Waals surface area (Å²) in [6.07, 6.45) is -2.92. The number of nitrogens with one attached hydrogen (secondary N) is 7. The Hall–Kier alpha value is -14.9. The van der Waals surface area contributed by atoms with Gasteiger partial charge in [0.15, 0.2) is 69.1 Å². The number of alkyl carbamates (subject to hydrolysis) is 7. The van der Waals surface area contributed by atoms with Gasteiger partial charge in [-0.25, -0.2) is 43.2 Å². The molecular formula is C94H125BrClN11O35Si3. The van der Waals surface area contributed by atoms with E-state index in [2.05, 4.69) is 136 Å². The Morgan fingerprint density at radius 2 is 0.697 bits per heavy atom. The number of terminal acetylenes is 1. The molecule has 8 rings (SSSR count). The first-order chi connectivity index (χ1) is 67.4. The Morgan fingerprint density at radius 3 is 0.938 bits per heavy atom. The molecule has 5 unspecified atom stereocenters. The first-order valence-corrected chi connectivity index (χ1v) is 54.8. The van der Waals surface area contributed by atoms with Gasteiger partial charge < -0.3 is 97.1 Å². The number of nitrogens with zero attached hydrogens (tertiary/aromatic N) is 4. The Balaban J connectivity index is 0.00000167. The Labute approximate surface area is 855 Å². The van der Waals surface area contributed by atoms with Crippen LogP contribution in [-0.2, 0) is 107 Å². The number of rotatable bonds is 27. The molecule has 145 heavy (non-hydrogen) atoms. The number of amides is 11. The van der Waals surface area contributed by atoms with Gasteiger partial charge in [-0.2, -0.15) is 0 Å². The SMILES string of the molecule is C#C[C@](CN1Cc2ccc(OC)cc2C1=O)(NC(=O)OC)C(C)=O.COC(=O)NC(C#C[Si](C)(C)C)(CN1Cc2ccc(OC)cc2C1=O)C(C)=O.COC(=O)NC(C#C[Si](C)(C)C)C(C)=O.COC(=O)NC(Cl)C(C)=O.COC(=O)NC(O)C(=O)O.COC(=O)NC(OC)C(C)=O.COC(=O)N[C@](C#C[Si](C)(C)C)(CN1Cc2ccc(OC)cc2C1=O)C(C)=O.COc1ccc2c(c1)C(=O)N(CBr)C2.O=CC(=O)O. The van der Waals surface area contributed by atoms with E-state index in [1.165, 1.54) is 127 Å². The lowest BCUT2D eigenvalue weighted by molar-refractivity contribution is -0.148. The first kappa shape index (κ1) is 130. The highest BCUT2D eigenvalue weighted by Gasteiger charge is 2.46. The number of aliphatic carboxylic acids is 2. The highest BCUT2D eigenvalue weighted by atomic mass is 79.9. The molecule has 10 N–H and O–H groups in total. The van der Waals surface area contributed by atoms with Crippen LogP contribution in [0.5, 0.6) is 23.0 Å². The molecule has 0 aromatic heterocycles. The van der Waals surface area contributed by atoms with Gasteiger partial charge in [0.25, 0.3) is 23.6 Å². The molecule has 0 radical (unpaired) electrons. The van der Waals surface area contributed by atoms with Crippen LogP contribution in [-0.4, -0.2) is 329 Å². The van der Waals surface area contributed by atoms with Crippen LogP contribution in [0.4, 0.5) is 33.6 Å². The van der Waals surface area contributed by atoms with Crippen LogP contribution in [0.25, 0.3) is 0 Å². The zero-order valence-corrected chi connectivity index (χ0v) is 90.8. The van der Waals surface area contributed by atoms with Crippen molar-refractivity contribution in [3.8, 4) is 69.7 Å². The van der Waals surface area contributed by atoms with E-state index in [1.807, 2.05) is 63.5 Å². The average Bonchev–Trinajstić information content (AvgIpc) is 1.65. The summed E-state index contributed by atoms with van der Waals surface area (Å²) in [7, 11) is 10.6. The maximum Gasteiger partial charge on any atom is 0.409 e. The minimum absolute atomic E-state index is 0.0647. The number of aliphatic hydroxyl groups excluding tert-OH is 1. The van der Waals surface area contributed by atoms with E-state index in [9.17, 15) is 86.3 Å². The number of aldehydes is 1. The standard InChI is InChI=1S/2C20H26N2O5Si.C17H18N2O5.C10H10BrNO2.C10H17NO3Si.C6H11NO4.C5H8ClNO3.C4H7NO5.C2H2O3/c2*1-14(23)20(21-19(25)27-3,9-10-28(4,5)6)13-22-12-15-7-8-16(26-2)11-17(15)18(22)24;1-5-17(11(2)20,18-16(22)24-4)10-19-9-12-6-7-13(23-3)8-14(12)15(19)21;1-14-8-3-2-7-5-12(6-11)10(13)9(7)4-8;1-8(12)9(11-10(13)14-2)6-7-15(3,4)5;1-4(8)5(10-2)7-6(9)11-3;1-3(8)4(6)7-5(9)10-2;1-10-4(9)5-2(6)3(7)8;3-1-2(4)5/h2*7-8,11H,12-13H2,1-6H3,(H,21,25);1,6-8H,9-10H2,2-4H3,(H,18,22);2-4H,5-6H2,1H3;9H,1-5H3,(H,11,13);5H,1-3H3,(H,7,9);4H,1-2H3,(H,7,9);2,6H,1H3,(H,5,9)(H,7,8);1H,(H,4,5)/t20-;;17-;;;;;;/m1.1....../s1. The molecule has 46 nitrogen and oxygen atoms in total. The molecule has 0 aliphatic carbocycles. The van der Waals surface area contributed by atoms with Crippen molar-refractivity contribution in [2.24, 2.45) is 0 Å². The molecule has 792 valence electrons. The van der Waals surface area contributed by atoms with Gasteiger partial charge in [0.05, 0.1) is 103 Å². The summed E-state index contributed by atoms with van der Waals surface area (Å²) in [5, 5.41) is 39.5. The zero-order chi connectivity index (χ0) is 112. The van der Waals surface area contributed by atoms with Gasteiger partial charge in [-0.3, -0.25) is 84.6 Å². The van der Waals surface area contributed by atoms with Gasteiger partial charge in [-0.15, -0.1) is 23.1 Å². The normalized spacial score (nSPS) is 13.7. The maximum absolute atomic E-state index is 12.9. The molecule has 4 aromatic rings. The third-order valence-electron chi connectivity index (χ3n) is 19.1. The minimum atomic E-state index is -1.91. The van der Waals surface area contributed by atoms with Crippen LogP contribution in [0.2, 0.25) is 58.9 Å². The van der Waals surface area contributed by atoms with E-state index in [0.717, 1.165) is 40.7 Å². The predicted molar refractivity (Wildman–Crippen MR) is 535 cm³/mol. The van der Waals surface area contributed by atoms with Crippen molar-refractivity contribution in [2.45, 2.75) is 167 Å². The summed E-state index contributed by atoms with van der Waals surface area (Å²) >= 11 is 8.61. The predicted octanol–water partition coefficient (Wildman–Crippen LogP) is 7.00. The number of hydrogen-bond acceptors (Lipinski definition) is 33. The van der Waals surface area contributed by atoms with Crippen LogP contribution in [0.15, 0.2) is 72.8 Å². The van der Waals surface area contributed by atoms with E-state index in [-0.39, 0.29) is 85.0 Å². The van der Waals surface area contributed by atoms with Crippen molar-refractivity contribution in [2.75, 3.05) is 110 Å². The minimum Gasteiger partial charge on any atom is -0.497 e. The second kappa shape index (κ2) is 61.8. The molecule has 0 fully saturated rings. The number of ketones is 6. The van der Waals surface area contributed by atoms with Gasteiger partial charge in [0, 0.05) is 55.5 Å². The van der Waals surface area contributed by atoms with Crippen molar-refractivity contribution in [3.05, 3.63) is 117 Å². The van der Waals surface area contributed by atoms with Gasteiger partial charge in [0.1, 0.15) is 47.2 Å². The third-order valence-corrected chi connectivity index (χ3v) is 22.8. The number of aliphatic hydroxyl groups is 1. The fraction of sp³-hybridized carbons (Fsp3) is 0.447. The maximum atomic E-state index is 12.9. The first-order valence-electron chi connectivity index (χ1n) is 42.7. The second-order valence-corrected chi connectivity index (χ2v) is 48.8. The number of fused-ring (bicyclic) bond motifs is 4. The zero-order valence-electron chi connectivity index (χ0n) is 85.5. The number of carboxylic acid groups (broad SMARTS) is 2. The topological polar surface area (TPSA) is 610 Å². The lowest BCUT2D eigenvalue weighted by Crippen LogP contribution is -2.59. The number of hydrogen-bond donors (Lipinski definition) is 10. The summed E-state index contributed by atoms with van der Waals surface area (Å²) in [4.78, 5) is 231. The largest absolute Gasteiger partial charge is 0.497 e. The van der Waals surface area contributed by atoms with Crippen molar-refractivity contribution in [1.29, 1.82) is 0 Å². The number of carboxylic acids is 2. The number of ether oxygens (including phenoxy) is 12. The molecule has 4 aliphatic rings. The monoisotopic (exact) mass is 2170 g/mol. The highest BCUT2D eigenvalue weighted by Crippen LogP contribution is 2.33. The van der Waals surface area contributed by atoms with Gasteiger partial charge in [-0.05, 0) is 112 Å². The molecule has 11 amide bonds. The fourth-order valence-corrected chi connectivity index (χ4v) is 13.6. The van der Waals surface area contributed by atoms with Gasteiger partial charge >= 0.3 is 54.6 Å². The Morgan fingerprint density at radius 1 is 0.421 bits per heavy atom. The number of methoxy groups -OCH3 is 12. The van der Waals surface area contributed by atoms with E-state index < -0.39 is 125 Å². The lowest BCUT2D eigenvalue weighted by Gasteiger charge is -2.31. The molecule has 0 bridgehead atoms. The highest BCUT2D eigenvalue weighted by molar-refractivity contribution is 9.09. The van der Waals surface area contributed by atoms with Gasteiger partial charge in [-0.1, -0.05) is 134 Å². The molecule has 0 spiro atoms. The number of halogens is 2. The fourth-order valence-electron chi connectivity index (χ4n) is 11.4. The van der Waals surface area contributed by atoms with Crippen LogP contribution in [0, 0.1) is 46.7 Å².